The van der Waals surface area contributed by atoms with E-state index in [2.05, 4.69) is 18.5 Å². The Labute approximate surface area is 179 Å². The standard InChI is InChI=1S/C25H34N4O/c1-17(2)22-26-24-28(23(30)19-12-6-5-11-18(19)3)21-14-8-7-13-20(21)25(29(24)27-22)15-9-4-10-16-25/h5-6,11-12,17,20-21H,4,7-10,13-16H2,1-3H3. The molecule has 2 atom stereocenters. The first kappa shape index (κ1) is 19.8. The minimum Gasteiger partial charge on any atom is -0.273 e. The van der Waals surface area contributed by atoms with Gasteiger partial charge in [-0.05, 0) is 44.2 Å². The number of hydrogen-bond donors (Lipinski definition) is 0. The van der Waals surface area contributed by atoms with Crippen LogP contribution in [0.5, 0.6) is 0 Å². The van der Waals surface area contributed by atoms with Crippen molar-refractivity contribution in [2.45, 2.75) is 96.1 Å². The van der Waals surface area contributed by atoms with Gasteiger partial charge in [0, 0.05) is 23.4 Å². The van der Waals surface area contributed by atoms with E-state index in [1.807, 2.05) is 36.1 Å². The molecule has 0 N–H and O–H groups in total. The number of carbonyl (C=O) groups excluding carboxylic acids is 1. The molecule has 2 saturated carbocycles. The van der Waals surface area contributed by atoms with Gasteiger partial charge < -0.3 is 0 Å². The average molecular weight is 407 g/mol. The summed E-state index contributed by atoms with van der Waals surface area (Å²) < 4.78 is 2.23. The average Bonchev–Trinajstić information content (AvgIpc) is 3.21. The number of anilines is 1. The molecule has 30 heavy (non-hydrogen) atoms. The van der Waals surface area contributed by atoms with Crippen molar-refractivity contribution in [1.82, 2.24) is 14.8 Å². The van der Waals surface area contributed by atoms with Crippen molar-refractivity contribution in [3.05, 3.63) is 41.2 Å². The van der Waals surface area contributed by atoms with Gasteiger partial charge in [0.1, 0.15) is 0 Å². The molecule has 2 unspecified atom stereocenters. The lowest BCUT2D eigenvalue weighted by Crippen LogP contribution is -2.61. The number of aromatic nitrogens is 3. The quantitative estimate of drug-likeness (QED) is 0.653. The predicted molar refractivity (Wildman–Crippen MR) is 119 cm³/mol. The maximum atomic E-state index is 13.9. The summed E-state index contributed by atoms with van der Waals surface area (Å²) in [7, 11) is 0. The molecule has 2 aromatic rings. The Balaban J connectivity index is 1.69. The molecule has 5 nitrogen and oxygen atoms in total. The Morgan fingerprint density at radius 1 is 1.07 bits per heavy atom. The van der Waals surface area contributed by atoms with Crippen LogP contribution in [0.15, 0.2) is 24.3 Å². The third-order valence-electron chi connectivity index (χ3n) is 7.83. The van der Waals surface area contributed by atoms with Gasteiger partial charge in [-0.3, -0.25) is 9.69 Å². The smallest absolute Gasteiger partial charge is 0.261 e. The third-order valence-corrected chi connectivity index (χ3v) is 7.83. The number of benzene rings is 1. The second-order valence-corrected chi connectivity index (χ2v) is 9.95. The molecule has 1 aliphatic heterocycles. The number of amides is 1. The molecule has 0 bridgehead atoms. The monoisotopic (exact) mass is 406 g/mol. The van der Waals surface area contributed by atoms with E-state index in [4.69, 9.17) is 10.1 Å². The number of rotatable bonds is 2. The molecule has 2 heterocycles. The van der Waals surface area contributed by atoms with E-state index < -0.39 is 0 Å². The molecule has 1 amide bonds. The lowest BCUT2D eigenvalue weighted by Gasteiger charge is -2.55. The van der Waals surface area contributed by atoms with Gasteiger partial charge in [0.15, 0.2) is 5.82 Å². The lowest BCUT2D eigenvalue weighted by molar-refractivity contribution is 0.0310. The van der Waals surface area contributed by atoms with Gasteiger partial charge >= 0.3 is 0 Å². The summed E-state index contributed by atoms with van der Waals surface area (Å²) in [6, 6.07) is 8.20. The van der Waals surface area contributed by atoms with E-state index >= 15 is 0 Å². The fourth-order valence-corrected chi connectivity index (χ4v) is 6.30. The zero-order valence-electron chi connectivity index (χ0n) is 18.6. The molecule has 1 spiro atoms. The van der Waals surface area contributed by atoms with Crippen LogP contribution in [-0.4, -0.2) is 26.7 Å². The zero-order chi connectivity index (χ0) is 20.9. The first-order valence-electron chi connectivity index (χ1n) is 11.9. The number of carbonyl (C=O) groups is 1. The van der Waals surface area contributed by atoms with Gasteiger partial charge in [0.25, 0.3) is 5.91 Å². The lowest BCUT2D eigenvalue weighted by atomic mass is 9.64. The number of aryl methyl sites for hydroxylation is 1. The summed E-state index contributed by atoms with van der Waals surface area (Å²) in [5, 5.41) is 5.08. The van der Waals surface area contributed by atoms with Crippen LogP contribution in [0.1, 0.15) is 99.3 Å². The molecule has 0 saturated heterocycles. The Morgan fingerprint density at radius 3 is 2.53 bits per heavy atom. The maximum absolute atomic E-state index is 13.9. The van der Waals surface area contributed by atoms with Crippen LogP contribution in [0.25, 0.3) is 0 Å². The van der Waals surface area contributed by atoms with Crippen molar-refractivity contribution in [3.8, 4) is 0 Å². The van der Waals surface area contributed by atoms with E-state index in [0.29, 0.717) is 5.92 Å². The van der Waals surface area contributed by atoms with E-state index in [9.17, 15) is 4.79 Å². The van der Waals surface area contributed by atoms with Gasteiger partial charge in [-0.15, -0.1) is 0 Å². The SMILES string of the molecule is Cc1ccccc1C(=O)N1c2nc(C(C)C)nn2C2(CCCCC2)C2CCCCC21. The second-order valence-electron chi connectivity index (χ2n) is 9.95. The minimum atomic E-state index is 0.0430. The van der Waals surface area contributed by atoms with E-state index in [0.717, 1.165) is 29.3 Å². The van der Waals surface area contributed by atoms with Crippen molar-refractivity contribution in [2.75, 3.05) is 4.90 Å². The molecule has 2 fully saturated rings. The minimum absolute atomic E-state index is 0.0430. The van der Waals surface area contributed by atoms with Gasteiger partial charge in [-0.2, -0.15) is 10.1 Å². The zero-order valence-corrected chi connectivity index (χ0v) is 18.6. The van der Waals surface area contributed by atoms with E-state index in [-0.39, 0.29) is 23.4 Å². The largest absolute Gasteiger partial charge is 0.273 e. The predicted octanol–water partition coefficient (Wildman–Crippen LogP) is 5.59. The highest BCUT2D eigenvalue weighted by molar-refractivity contribution is 6.06. The second kappa shape index (κ2) is 7.51. The normalized spacial score (nSPS) is 25.3. The summed E-state index contributed by atoms with van der Waals surface area (Å²) in [4.78, 5) is 21.0. The molecule has 0 radical (unpaired) electrons. The van der Waals surface area contributed by atoms with Gasteiger partial charge in [-0.1, -0.05) is 64.2 Å². The number of nitrogens with zero attached hydrogens (tertiary/aromatic N) is 4. The molecule has 3 aliphatic rings. The van der Waals surface area contributed by atoms with Crippen LogP contribution in [-0.2, 0) is 5.54 Å². The molecule has 1 aromatic carbocycles. The van der Waals surface area contributed by atoms with Gasteiger partial charge in [0.2, 0.25) is 5.95 Å². The first-order valence-corrected chi connectivity index (χ1v) is 11.9. The molecular weight excluding hydrogens is 372 g/mol. The molecule has 5 heteroatoms. The topological polar surface area (TPSA) is 51.0 Å². The van der Waals surface area contributed by atoms with Crippen LogP contribution >= 0.6 is 0 Å². The van der Waals surface area contributed by atoms with Gasteiger partial charge in [0.05, 0.1) is 5.54 Å². The first-order chi connectivity index (χ1) is 14.5. The van der Waals surface area contributed by atoms with E-state index in [1.54, 1.807) is 0 Å². The van der Waals surface area contributed by atoms with E-state index in [1.165, 1.54) is 51.4 Å². The maximum Gasteiger partial charge on any atom is 0.261 e. The number of fused-ring (bicyclic) bond motifs is 4. The summed E-state index contributed by atoms with van der Waals surface area (Å²) in [6.07, 6.45) is 10.9. The third kappa shape index (κ3) is 2.92. The molecule has 160 valence electrons. The van der Waals surface area contributed by atoms with Crippen LogP contribution in [0, 0.1) is 12.8 Å². The fourth-order valence-electron chi connectivity index (χ4n) is 6.30. The summed E-state index contributed by atoms with van der Waals surface area (Å²) in [5.74, 6) is 2.50. The molecular formula is C25H34N4O. The molecule has 5 rings (SSSR count). The highest BCUT2D eigenvalue weighted by Gasteiger charge is 2.55. The summed E-state index contributed by atoms with van der Waals surface area (Å²) in [5.41, 5.74) is 1.87. The summed E-state index contributed by atoms with van der Waals surface area (Å²) in [6.45, 7) is 6.33. The van der Waals surface area contributed by atoms with Crippen molar-refractivity contribution in [1.29, 1.82) is 0 Å². The Kier molecular flexibility index (Phi) is 4.95. The highest BCUT2D eigenvalue weighted by atomic mass is 16.2. The highest BCUT2D eigenvalue weighted by Crippen LogP contribution is 2.53. The molecule has 1 aromatic heterocycles. The Hall–Kier alpha value is -2.17. The van der Waals surface area contributed by atoms with Crippen LogP contribution in [0.2, 0.25) is 0 Å². The van der Waals surface area contributed by atoms with Crippen molar-refractivity contribution >= 4 is 11.9 Å². The van der Waals surface area contributed by atoms with Crippen molar-refractivity contribution in [3.63, 3.8) is 0 Å². The number of hydrogen-bond acceptors (Lipinski definition) is 3. The van der Waals surface area contributed by atoms with Gasteiger partial charge in [-0.25, -0.2) is 4.68 Å². The van der Waals surface area contributed by atoms with Crippen molar-refractivity contribution in [2.24, 2.45) is 5.92 Å². The molecule has 2 aliphatic carbocycles. The Morgan fingerprint density at radius 2 is 1.80 bits per heavy atom. The van der Waals surface area contributed by atoms with Crippen LogP contribution in [0.3, 0.4) is 0 Å². The van der Waals surface area contributed by atoms with Crippen LogP contribution in [0.4, 0.5) is 5.95 Å². The fraction of sp³-hybridized carbons (Fsp3) is 0.640. The summed E-state index contributed by atoms with van der Waals surface area (Å²) >= 11 is 0. The van der Waals surface area contributed by atoms with Crippen molar-refractivity contribution < 1.29 is 4.79 Å². The van der Waals surface area contributed by atoms with Crippen LogP contribution < -0.4 is 4.90 Å². The Bertz CT molecular complexity index is 940.